The van der Waals surface area contributed by atoms with Crippen molar-refractivity contribution in [2.45, 2.75) is 101 Å². The van der Waals surface area contributed by atoms with E-state index in [2.05, 4.69) is 23.8 Å². The molecule has 0 aromatic heterocycles. The number of carbonyl (C=O) groups excluding carboxylic acids is 4. The molecule has 5 fully saturated rings. The average Bonchev–Trinajstić information content (AvgIpc) is 3.48. The molecule has 2 N–H and O–H groups in total. The fourth-order valence-electron chi connectivity index (χ4n) is 6.14. The Labute approximate surface area is 211 Å². The molecule has 2 amide bonds. The van der Waals surface area contributed by atoms with Crippen LogP contribution in [0.2, 0.25) is 0 Å². The van der Waals surface area contributed by atoms with Crippen molar-refractivity contribution >= 4 is 24.1 Å². The van der Waals surface area contributed by atoms with Crippen molar-refractivity contribution in [3.8, 4) is 0 Å². The first-order valence-corrected chi connectivity index (χ1v) is 13.0. The molecule has 5 saturated carbocycles. The molecule has 5 aliphatic carbocycles. The summed E-state index contributed by atoms with van der Waals surface area (Å²) in [6.45, 7) is 6.83. The highest BCUT2D eigenvalue weighted by Gasteiger charge is 2.57. The number of fused-ring (bicyclic) bond motifs is 1. The van der Waals surface area contributed by atoms with Crippen molar-refractivity contribution in [1.29, 1.82) is 0 Å². The molecule has 0 heterocycles. The number of rotatable bonds is 8. The van der Waals surface area contributed by atoms with E-state index < -0.39 is 48.5 Å². The summed E-state index contributed by atoms with van der Waals surface area (Å²) in [6, 6.07) is -0.173. The molecule has 2 bridgehead atoms. The number of amides is 2. The van der Waals surface area contributed by atoms with Crippen LogP contribution < -0.4 is 10.6 Å². The number of nitrogens with one attached hydrogen (secondary N) is 2. The molecule has 4 unspecified atom stereocenters. The summed E-state index contributed by atoms with van der Waals surface area (Å²) in [5.41, 5.74) is 0. The van der Waals surface area contributed by atoms with Crippen LogP contribution in [0, 0.1) is 11.8 Å². The molecule has 10 nitrogen and oxygen atoms in total. The van der Waals surface area contributed by atoms with E-state index in [1.54, 1.807) is 0 Å². The van der Waals surface area contributed by atoms with Crippen LogP contribution in [-0.2, 0) is 28.5 Å². The fourth-order valence-corrected chi connectivity index (χ4v) is 6.14. The predicted octanol–water partition coefficient (Wildman–Crippen LogP) is 3.30. The Kier molecular flexibility index (Phi) is 8.53. The maximum Gasteiger partial charge on any atom is 0.407 e. The summed E-state index contributed by atoms with van der Waals surface area (Å²) in [6.07, 6.45) is 7.21. The average molecular weight is 505 g/mol. The first kappa shape index (κ1) is 26.0. The molecule has 0 saturated heterocycles. The van der Waals surface area contributed by atoms with Crippen LogP contribution in [0.15, 0.2) is 25.3 Å². The smallest absolute Gasteiger partial charge is 0.407 e. The number of alkyl carbamates (subject to hydrolysis) is 2. The molecular weight excluding hydrogens is 468 g/mol. The van der Waals surface area contributed by atoms with Crippen LogP contribution in [0.1, 0.15) is 64.2 Å². The molecule has 0 aromatic rings. The molecule has 198 valence electrons. The van der Waals surface area contributed by atoms with Crippen molar-refractivity contribution in [2.75, 3.05) is 0 Å². The largest absolute Gasteiger partial charge is 0.455 e. The van der Waals surface area contributed by atoms with E-state index in [1.165, 1.54) is 0 Å². The minimum atomic E-state index is -0.529. The molecule has 0 spiro atoms. The van der Waals surface area contributed by atoms with Gasteiger partial charge in [-0.1, -0.05) is 13.2 Å². The van der Waals surface area contributed by atoms with Crippen molar-refractivity contribution in [3.63, 3.8) is 0 Å². The standard InChI is InChI=1S/C26H36N2O8/c1-3-21(29)33-17-9-5-7-11-19(17)35-25(31)27-23-15-13-14-16(23)24(15)28-26(32)36-20-12-8-6-10-18(20)34-22(30)4-2/h3-4,15-20,23-24H,1-2,5-14H2,(H,27,31)(H,28,32). The van der Waals surface area contributed by atoms with Crippen LogP contribution in [0.4, 0.5) is 9.59 Å². The second-order valence-electron chi connectivity index (χ2n) is 10.1. The minimum Gasteiger partial charge on any atom is -0.455 e. The predicted molar refractivity (Wildman–Crippen MR) is 128 cm³/mol. The highest BCUT2D eigenvalue weighted by molar-refractivity contribution is 5.81. The lowest BCUT2D eigenvalue weighted by atomic mass is 9.73. The van der Waals surface area contributed by atoms with Gasteiger partial charge in [0.25, 0.3) is 0 Å². The Morgan fingerprint density at radius 1 is 0.556 bits per heavy atom. The Morgan fingerprint density at radius 3 is 1.22 bits per heavy atom. The number of hydrogen-bond acceptors (Lipinski definition) is 8. The third-order valence-electron chi connectivity index (χ3n) is 7.92. The number of hydrogen-bond donors (Lipinski definition) is 2. The summed E-state index contributed by atoms with van der Waals surface area (Å²) in [5.74, 6) is -0.854. The summed E-state index contributed by atoms with van der Waals surface area (Å²) < 4.78 is 22.0. The highest BCUT2D eigenvalue weighted by atomic mass is 16.6. The summed E-state index contributed by atoms with van der Waals surface area (Å²) >= 11 is 0. The third-order valence-corrected chi connectivity index (χ3v) is 7.92. The van der Waals surface area contributed by atoms with E-state index in [1.807, 2.05) is 0 Å². The van der Waals surface area contributed by atoms with Gasteiger partial charge in [-0.25, -0.2) is 19.2 Å². The zero-order valence-corrected chi connectivity index (χ0v) is 20.5. The van der Waals surface area contributed by atoms with E-state index in [0.717, 1.165) is 50.7 Å². The van der Waals surface area contributed by atoms with E-state index in [0.29, 0.717) is 25.7 Å². The Balaban J connectivity index is 1.23. The second-order valence-corrected chi connectivity index (χ2v) is 10.1. The van der Waals surface area contributed by atoms with Crippen molar-refractivity contribution in [3.05, 3.63) is 25.3 Å². The van der Waals surface area contributed by atoms with Crippen molar-refractivity contribution < 1.29 is 38.1 Å². The van der Waals surface area contributed by atoms with E-state index in [-0.39, 0.29) is 23.9 Å². The fraction of sp³-hybridized carbons (Fsp3) is 0.692. The van der Waals surface area contributed by atoms with Gasteiger partial charge in [-0.15, -0.1) is 0 Å². The maximum absolute atomic E-state index is 12.6. The molecule has 4 atom stereocenters. The lowest BCUT2D eigenvalue weighted by Gasteiger charge is -2.45. The van der Waals surface area contributed by atoms with Gasteiger partial charge in [-0.2, -0.15) is 0 Å². The first-order chi connectivity index (χ1) is 17.4. The van der Waals surface area contributed by atoms with Gasteiger partial charge in [0.05, 0.1) is 0 Å². The second kappa shape index (κ2) is 11.8. The van der Waals surface area contributed by atoms with E-state index in [4.69, 9.17) is 18.9 Å². The lowest BCUT2D eigenvalue weighted by Crippen LogP contribution is -2.64. The summed E-state index contributed by atoms with van der Waals surface area (Å²) in [7, 11) is 0. The van der Waals surface area contributed by atoms with Gasteiger partial charge in [0.15, 0.2) is 0 Å². The Bertz CT molecular complexity index is 798. The maximum atomic E-state index is 12.6. The summed E-state index contributed by atoms with van der Waals surface area (Å²) in [5, 5.41) is 5.90. The van der Waals surface area contributed by atoms with Crippen LogP contribution >= 0.6 is 0 Å². The van der Waals surface area contributed by atoms with Crippen molar-refractivity contribution in [2.24, 2.45) is 11.8 Å². The van der Waals surface area contributed by atoms with Gasteiger partial charge in [0.2, 0.25) is 0 Å². The SMILES string of the molecule is C=CC(=O)OC1CCCCC1OC(=O)NC1C2CCC1C2NC(=O)OC1CCCCC1OC(=O)C=C. The number of ether oxygens (including phenoxy) is 4. The van der Waals surface area contributed by atoms with Gasteiger partial charge in [-0.3, -0.25) is 0 Å². The van der Waals surface area contributed by atoms with Gasteiger partial charge in [0, 0.05) is 36.1 Å². The zero-order valence-electron chi connectivity index (χ0n) is 20.5. The van der Waals surface area contributed by atoms with Gasteiger partial charge >= 0.3 is 24.1 Å². The number of carbonyl (C=O) groups is 4. The van der Waals surface area contributed by atoms with Crippen LogP contribution in [-0.4, -0.2) is 60.6 Å². The molecule has 0 radical (unpaired) electrons. The van der Waals surface area contributed by atoms with Crippen LogP contribution in [0.3, 0.4) is 0 Å². The minimum absolute atomic E-state index is 0.0865. The highest BCUT2D eigenvalue weighted by Crippen LogP contribution is 2.49. The molecule has 5 rings (SSSR count). The molecule has 0 aromatic carbocycles. The van der Waals surface area contributed by atoms with Crippen molar-refractivity contribution in [1.82, 2.24) is 10.6 Å². The van der Waals surface area contributed by atoms with E-state index in [9.17, 15) is 19.2 Å². The lowest BCUT2D eigenvalue weighted by molar-refractivity contribution is -0.152. The van der Waals surface area contributed by atoms with Crippen LogP contribution in [0.5, 0.6) is 0 Å². The molecule has 36 heavy (non-hydrogen) atoms. The number of esters is 2. The van der Waals surface area contributed by atoms with E-state index >= 15 is 0 Å². The zero-order chi connectivity index (χ0) is 25.7. The van der Waals surface area contributed by atoms with Crippen LogP contribution in [0.25, 0.3) is 0 Å². The topological polar surface area (TPSA) is 129 Å². The molecule has 5 aliphatic rings. The monoisotopic (exact) mass is 504 g/mol. The Hall–Kier alpha value is -3.04. The Morgan fingerprint density at radius 2 is 0.889 bits per heavy atom. The normalized spacial score (nSPS) is 34.8. The van der Waals surface area contributed by atoms with Gasteiger partial charge in [0.1, 0.15) is 24.4 Å². The van der Waals surface area contributed by atoms with Gasteiger partial charge < -0.3 is 29.6 Å². The van der Waals surface area contributed by atoms with Gasteiger partial charge in [-0.05, 0) is 64.2 Å². The first-order valence-electron chi connectivity index (χ1n) is 13.0. The quantitative estimate of drug-likeness (QED) is 0.293. The third kappa shape index (κ3) is 6.02. The molecule has 0 aliphatic heterocycles. The molecule has 10 heteroatoms. The summed E-state index contributed by atoms with van der Waals surface area (Å²) in [4.78, 5) is 48.4. The molecular formula is C26H36N2O8.